The summed E-state index contributed by atoms with van der Waals surface area (Å²) in [5, 5.41) is 10.6. The Hall–Kier alpha value is -2.81. The van der Waals surface area contributed by atoms with E-state index in [1.54, 1.807) is 54.4 Å². The number of carbonyl (C=O) groups is 2. The van der Waals surface area contributed by atoms with E-state index in [2.05, 4.69) is 0 Å². The maximum absolute atomic E-state index is 16.5. The van der Waals surface area contributed by atoms with E-state index in [0.29, 0.717) is 47.4 Å². The fraction of sp³-hybridized carbons (Fsp3) is 0.375. The molecule has 41 heavy (non-hydrogen) atoms. The minimum Gasteiger partial charge on any atom is -0.481 e. The number of aldehydes is 1. The second kappa shape index (κ2) is 13.9. The number of halogens is 3. The van der Waals surface area contributed by atoms with Gasteiger partial charge >= 0.3 is 5.97 Å². The van der Waals surface area contributed by atoms with E-state index in [1.165, 1.54) is 13.2 Å². The van der Waals surface area contributed by atoms with Gasteiger partial charge in [-0.3, -0.25) is 14.5 Å². The lowest BCUT2D eigenvalue weighted by Crippen LogP contribution is -2.49. The zero-order chi connectivity index (χ0) is 29.6. The molecule has 1 aliphatic rings. The molecule has 0 aromatic heterocycles. The van der Waals surface area contributed by atoms with E-state index in [4.69, 9.17) is 32.7 Å². The topological polar surface area (TPSA) is 76.1 Å². The van der Waals surface area contributed by atoms with Gasteiger partial charge in [0.2, 0.25) is 0 Å². The normalized spacial score (nSPS) is 16.3. The number of aliphatic carboxylic acids is 1. The average molecular weight is 603 g/mol. The van der Waals surface area contributed by atoms with Crippen LogP contribution in [-0.2, 0) is 26.4 Å². The molecule has 0 radical (unpaired) electrons. The minimum absolute atomic E-state index is 0.0461. The molecule has 9 heteroatoms. The Morgan fingerprint density at radius 3 is 2.29 bits per heavy atom. The molecular formula is C32H34Cl2FNO5. The SMILES string of the molecule is CO[C@](c1ccc(Cl)cc1)(c1c(F)cc(CC2CCOCC2)cc1C=O)N(C)C(CCC(=O)O)c1ccc(Cl)cc1. The summed E-state index contributed by atoms with van der Waals surface area (Å²) in [6.07, 6.45) is 3.07. The van der Waals surface area contributed by atoms with Crippen molar-refractivity contribution in [2.45, 2.75) is 43.9 Å². The van der Waals surface area contributed by atoms with Crippen molar-refractivity contribution in [3.63, 3.8) is 0 Å². The molecule has 3 aromatic rings. The van der Waals surface area contributed by atoms with Crippen LogP contribution in [-0.4, -0.2) is 49.6 Å². The highest BCUT2D eigenvalue weighted by molar-refractivity contribution is 6.30. The number of rotatable bonds is 12. The molecule has 1 heterocycles. The van der Waals surface area contributed by atoms with E-state index in [0.717, 1.165) is 24.0 Å². The summed E-state index contributed by atoms with van der Waals surface area (Å²) in [5.74, 6) is -1.22. The Labute approximate surface area is 250 Å². The number of hydrogen-bond donors (Lipinski definition) is 1. The molecule has 1 saturated heterocycles. The van der Waals surface area contributed by atoms with Gasteiger partial charge in [0.25, 0.3) is 0 Å². The van der Waals surface area contributed by atoms with Gasteiger partial charge in [-0.2, -0.15) is 0 Å². The van der Waals surface area contributed by atoms with Gasteiger partial charge in [0, 0.05) is 59.5 Å². The van der Waals surface area contributed by atoms with Crippen LogP contribution in [0, 0.1) is 11.7 Å². The molecule has 4 rings (SSSR count). The highest BCUT2D eigenvalue weighted by atomic mass is 35.5. The molecule has 0 saturated carbocycles. The summed E-state index contributed by atoms with van der Waals surface area (Å²) in [5.41, 5.74) is 0.598. The molecule has 1 unspecified atom stereocenters. The number of carbonyl (C=O) groups excluding carboxylic acids is 1. The van der Waals surface area contributed by atoms with E-state index in [-0.39, 0.29) is 24.0 Å². The fourth-order valence-corrected chi connectivity index (χ4v) is 6.10. The third-order valence-electron chi connectivity index (χ3n) is 7.89. The summed E-state index contributed by atoms with van der Waals surface area (Å²) in [6, 6.07) is 16.5. The molecule has 3 aromatic carbocycles. The van der Waals surface area contributed by atoms with Crippen LogP contribution in [0.25, 0.3) is 0 Å². The van der Waals surface area contributed by atoms with Gasteiger partial charge in [-0.05, 0) is 86.2 Å². The molecule has 1 fully saturated rings. The number of carboxylic acid groups (broad SMARTS) is 1. The molecule has 0 bridgehead atoms. The van der Waals surface area contributed by atoms with Crippen molar-refractivity contribution in [1.29, 1.82) is 0 Å². The molecule has 0 spiro atoms. The van der Waals surface area contributed by atoms with Crippen LogP contribution in [0.2, 0.25) is 10.0 Å². The molecule has 2 atom stereocenters. The molecule has 1 aliphatic heterocycles. The lowest BCUT2D eigenvalue weighted by atomic mass is 9.84. The number of carboxylic acids is 1. The number of hydrogen-bond acceptors (Lipinski definition) is 5. The summed E-state index contributed by atoms with van der Waals surface area (Å²) in [4.78, 5) is 26.1. The van der Waals surface area contributed by atoms with Crippen molar-refractivity contribution >= 4 is 35.5 Å². The zero-order valence-electron chi connectivity index (χ0n) is 23.1. The summed E-state index contributed by atoms with van der Waals surface area (Å²) in [6.45, 7) is 1.34. The largest absolute Gasteiger partial charge is 0.481 e. The van der Waals surface area contributed by atoms with Crippen molar-refractivity contribution in [2.24, 2.45) is 5.92 Å². The van der Waals surface area contributed by atoms with E-state index < -0.39 is 23.6 Å². The van der Waals surface area contributed by atoms with Crippen LogP contribution in [0.5, 0.6) is 0 Å². The first-order valence-electron chi connectivity index (χ1n) is 13.6. The molecule has 0 amide bonds. The van der Waals surface area contributed by atoms with Crippen LogP contribution in [0.3, 0.4) is 0 Å². The smallest absolute Gasteiger partial charge is 0.303 e. The van der Waals surface area contributed by atoms with Gasteiger partial charge in [0.1, 0.15) is 5.82 Å². The Kier molecular flexibility index (Phi) is 10.6. The first-order valence-corrected chi connectivity index (χ1v) is 14.3. The molecule has 218 valence electrons. The van der Waals surface area contributed by atoms with Crippen molar-refractivity contribution in [2.75, 3.05) is 27.4 Å². The average Bonchev–Trinajstić information content (AvgIpc) is 2.96. The maximum Gasteiger partial charge on any atom is 0.303 e. The van der Waals surface area contributed by atoms with Gasteiger partial charge in [-0.15, -0.1) is 0 Å². The predicted octanol–water partition coefficient (Wildman–Crippen LogP) is 7.30. The van der Waals surface area contributed by atoms with Crippen LogP contribution in [0.1, 0.15) is 64.3 Å². The molecule has 6 nitrogen and oxygen atoms in total. The Bertz CT molecular complexity index is 1350. The van der Waals surface area contributed by atoms with Gasteiger partial charge in [0.05, 0.1) is 0 Å². The number of nitrogens with zero attached hydrogens (tertiary/aromatic N) is 1. The van der Waals surface area contributed by atoms with E-state index >= 15 is 4.39 Å². The second-order valence-electron chi connectivity index (χ2n) is 10.4. The number of ether oxygens (including phenoxy) is 2. The quantitative estimate of drug-likeness (QED) is 0.173. The van der Waals surface area contributed by atoms with Gasteiger partial charge in [0.15, 0.2) is 12.0 Å². The molecule has 1 N–H and O–H groups in total. The first-order chi connectivity index (χ1) is 19.7. The third-order valence-corrected chi connectivity index (χ3v) is 8.40. The fourth-order valence-electron chi connectivity index (χ4n) is 5.85. The molecule has 0 aliphatic carbocycles. The van der Waals surface area contributed by atoms with E-state index in [1.807, 2.05) is 12.1 Å². The van der Waals surface area contributed by atoms with Crippen LogP contribution in [0.15, 0.2) is 60.7 Å². The monoisotopic (exact) mass is 601 g/mol. The second-order valence-corrected chi connectivity index (χ2v) is 11.3. The van der Waals surface area contributed by atoms with Crippen molar-refractivity contribution < 1.29 is 28.6 Å². The highest BCUT2D eigenvalue weighted by Gasteiger charge is 2.46. The first kappa shape index (κ1) is 31.1. The summed E-state index contributed by atoms with van der Waals surface area (Å²) in [7, 11) is 3.19. The zero-order valence-corrected chi connectivity index (χ0v) is 24.6. The summed E-state index contributed by atoms with van der Waals surface area (Å²) < 4.78 is 28.2. The Morgan fingerprint density at radius 1 is 1.12 bits per heavy atom. The standard InChI is InChI=1S/C32H34Cl2FNO5/c1-36(29(11-12-30(38)39)23-3-7-26(33)8-4-23)32(40-2,25-5-9-27(34)10-6-25)31-24(20-37)18-22(19-28(31)35)17-21-13-15-41-16-14-21/h3-10,18-21,29H,11-17H2,1-2H3,(H,38,39)/t29?,32-/m1/s1. The lowest BCUT2D eigenvalue weighted by molar-refractivity contribution is -0.140. The van der Waals surface area contributed by atoms with Crippen molar-refractivity contribution in [3.8, 4) is 0 Å². The lowest BCUT2D eigenvalue weighted by Gasteiger charge is -2.46. The summed E-state index contributed by atoms with van der Waals surface area (Å²) >= 11 is 12.4. The van der Waals surface area contributed by atoms with Crippen LogP contribution >= 0.6 is 23.2 Å². The predicted molar refractivity (Wildman–Crippen MR) is 157 cm³/mol. The third kappa shape index (κ3) is 6.99. The maximum atomic E-state index is 16.5. The van der Waals surface area contributed by atoms with E-state index in [9.17, 15) is 14.7 Å². The van der Waals surface area contributed by atoms with Crippen molar-refractivity contribution in [1.82, 2.24) is 4.90 Å². The van der Waals surface area contributed by atoms with Gasteiger partial charge in [-0.25, -0.2) is 4.39 Å². The van der Waals surface area contributed by atoms with Crippen molar-refractivity contribution in [3.05, 3.63) is 104 Å². The minimum atomic E-state index is -1.62. The van der Waals surface area contributed by atoms with Crippen LogP contribution in [0.4, 0.5) is 4.39 Å². The molecular weight excluding hydrogens is 568 g/mol. The number of methoxy groups -OCH3 is 1. The van der Waals surface area contributed by atoms with Crippen LogP contribution < -0.4 is 0 Å². The van der Waals surface area contributed by atoms with Gasteiger partial charge in [-0.1, -0.05) is 47.5 Å². The Morgan fingerprint density at radius 2 is 1.73 bits per heavy atom. The highest BCUT2D eigenvalue weighted by Crippen LogP contribution is 2.45. The van der Waals surface area contributed by atoms with Gasteiger partial charge < -0.3 is 14.6 Å². The Balaban J connectivity index is 1.90. The number of benzene rings is 3.